The van der Waals surface area contributed by atoms with Crippen LogP contribution in [-0.2, 0) is 9.53 Å². The Bertz CT molecular complexity index is 371. The Morgan fingerprint density at radius 3 is 2.94 bits per heavy atom. The predicted molar refractivity (Wildman–Crippen MR) is 67.8 cm³/mol. The summed E-state index contributed by atoms with van der Waals surface area (Å²) < 4.78 is 4.55. The lowest BCUT2D eigenvalue weighted by atomic mass is 10.3. The highest BCUT2D eigenvalue weighted by Crippen LogP contribution is 2.26. The van der Waals surface area contributed by atoms with Gasteiger partial charge >= 0.3 is 5.97 Å². The summed E-state index contributed by atoms with van der Waals surface area (Å²) in [6.45, 7) is 0. The molecule has 0 fully saturated rings. The Morgan fingerprint density at radius 1 is 1.56 bits per heavy atom. The van der Waals surface area contributed by atoms with Crippen LogP contribution in [-0.4, -0.2) is 18.8 Å². The molecule has 16 heavy (non-hydrogen) atoms. The number of hydrogen-bond donors (Lipinski definition) is 1. The topological polar surface area (TPSA) is 52.3 Å². The molecule has 0 saturated carbocycles. The highest BCUT2D eigenvalue weighted by molar-refractivity contribution is 7.99. The van der Waals surface area contributed by atoms with E-state index in [9.17, 15) is 4.79 Å². The van der Waals surface area contributed by atoms with E-state index in [0.717, 1.165) is 17.1 Å². The summed E-state index contributed by atoms with van der Waals surface area (Å²) >= 11 is 7.54. The second-order valence-electron chi connectivity index (χ2n) is 3.21. The molecule has 5 heteroatoms. The molecular weight excluding hydrogens is 246 g/mol. The fourth-order valence-electron chi connectivity index (χ4n) is 1.11. The SMILES string of the molecule is COC(=O)CCCSc1ccc(N)c(Cl)c1. The quantitative estimate of drug-likeness (QED) is 0.382. The molecule has 0 amide bonds. The number of esters is 1. The van der Waals surface area contributed by atoms with Crippen LogP contribution in [0.5, 0.6) is 0 Å². The van der Waals surface area contributed by atoms with Crippen LogP contribution < -0.4 is 5.73 Å². The van der Waals surface area contributed by atoms with Gasteiger partial charge in [-0.3, -0.25) is 4.79 Å². The van der Waals surface area contributed by atoms with Gasteiger partial charge in [-0.05, 0) is 30.4 Å². The van der Waals surface area contributed by atoms with Gasteiger partial charge in [0.2, 0.25) is 0 Å². The van der Waals surface area contributed by atoms with Crippen LogP contribution in [0.4, 0.5) is 5.69 Å². The Balaban J connectivity index is 2.32. The first kappa shape index (κ1) is 13.2. The molecule has 1 aromatic carbocycles. The van der Waals surface area contributed by atoms with Gasteiger partial charge in [0.05, 0.1) is 17.8 Å². The Kier molecular flexibility index (Phi) is 5.49. The molecule has 88 valence electrons. The Hall–Kier alpha value is -0.870. The van der Waals surface area contributed by atoms with Crippen molar-refractivity contribution >= 4 is 35.0 Å². The third kappa shape index (κ3) is 4.33. The molecule has 0 unspecified atom stereocenters. The van der Waals surface area contributed by atoms with E-state index in [0.29, 0.717) is 17.1 Å². The summed E-state index contributed by atoms with van der Waals surface area (Å²) in [5.41, 5.74) is 6.18. The van der Waals surface area contributed by atoms with Gasteiger partial charge in [-0.25, -0.2) is 0 Å². The van der Waals surface area contributed by atoms with Crippen molar-refractivity contribution in [3.63, 3.8) is 0 Å². The van der Waals surface area contributed by atoms with Gasteiger partial charge in [0, 0.05) is 11.3 Å². The van der Waals surface area contributed by atoms with Crippen LogP contribution in [0.25, 0.3) is 0 Å². The van der Waals surface area contributed by atoms with E-state index in [4.69, 9.17) is 17.3 Å². The number of methoxy groups -OCH3 is 1. The lowest BCUT2D eigenvalue weighted by Gasteiger charge is -2.03. The number of benzene rings is 1. The van der Waals surface area contributed by atoms with E-state index in [-0.39, 0.29) is 5.97 Å². The van der Waals surface area contributed by atoms with Gasteiger partial charge in [0.25, 0.3) is 0 Å². The molecule has 3 nitrogen and oxygen atoms in total. The second kappa shape index (κ2) is 6.66. The molecule has 1 aromatic rings. The van der Waals surface area contributed by atoms with E-state index in [1.54, 1.807) is 17.8 Å². The number of rotatable bonds is 5. The van der Waals surface area contributed by atoms with Crippen LogP contribution in [0.2, 0.25) is 5.02 Å². The van der Waals surface area contributed by atoms with Crippen LogP contribution in [0, 0.1) is 0 Å². The zero-order valence-corrected chi connectivity index (χ0v) is 10.6. The van der Waals surface area contributed by atoms with Crippen LogP contribution in [0.3, 0.4) is 0 Å². The zero-order chi connectivity index (χ0) is 12.0. The average molecular weight is 260 g/mol. The summed E-state index contributed by atoms with van der Waals surface area (Å²) in [4.78, 5) is 11.9. The van der Waals surface area contributed by atoms with E-state index >= 15 is 0 Å². The van der Waals surface area contributed by atoms with Gasteiger partial charge < -0.3 is 10.5 Å². The van der Waals surface area contributed by atoms with E-state index in [1.807, 2.05) is 12.1 Å². The summed E-state index contributed by atoms with van der Waals surface area (Å²) in [7, 11) is 1.40. The minimum atomic E-state index is -0.170. The highest BCUT2D eigenvalue weighted by atomic mass is 35.5. The Labute approximate surface area is 104 Å². The number of thioether (sulfide) groups is 1. The first-order chi connectivity index (χ1) is 7.63. The standard InChI is InChI=1S/C11H14ClNO2S/c1-15-11(14)3-2-6-16-8-4-5-10(13)9(12)7-8/h4-5,7H,2-3,6,13H2,1H3. The van der Waals surface area contributed by atoms with Crippen molar-refractivity contribution in [2.45, 2.75) is 17.7 Å². The third-order valence-electron chi connectivity index (χ3n) is 1.99. The van der Waals surface area contributed by atoms with Crippen molar-refractivity contribution in [1.29, 1.82) is 0 Å². The van der Waals surface area contributed by atoms with E-state index in [1.165, 1.54) is 7.11 Å². The maximum atomic E-state index is 10.9. The van der Waals surface area contributed by atoms with Crippen molar-refractivity contribution in [3.8, 4) is 0 Å². The molecule has 0 aliphatic carbocycles. The molecule has 0 saturated heterocycles. The number of nitrogen functional groups attached to an aromatic ring is 1. The molecule has 0 heterocycles. The van der Waals surface area contributed by atoms with E-state index < -0.39 is 0 Å². The molecule has 0 radical (unpaired) electrons. The number of halogens is 1. The summed E-state index contributed by atoms with van der Waals surface area (Å²) in [6.07, 6.45) is 1.24. The molecule has 0 aliphatic heterocycles. The number of hydrogen-bond acceptors (Lipinski definition) is 4. The van der Waals surface area contributed by atoms with Gasteiger partial charge in [0.1, 0.15) is 0 Å². The maximum absolute atomic E-state index is 10.9. The van der Waals surface area contributed by atoms with Crippen molar-refractivity contribution < 1.29 is 9.53 Å². The average Bonchev–Trinajstić information content (AvgIpc) is 2.28. The second-order valence-corrected chi connectivity index (χ2v) is 4.79. The minimum Gasteiger partial charge on any atom is -0.469 e. The summed E-state index contributed by atoms with van der Waals surface area (Å²) in [5.74, 6) is 0.686. The Morgan fingerprint density at radius 2 is 2.31 bits per heavy atom. The highest BCUT2D eigenvalue weighted by Gasteiger charge is 2.02. The number of carbonyl (C=O) groups excluding carboxylic acids is 1. The lowest BCUT2D eigenvalue weighted by molar-refractivity contribution is -0.140. The molecule has 0 aliphatic rings. The maximum Gasteiger partial charge on any atom is 0.305 e. The summed E-state index contributed by atoms with van der Waals surface area (Å²) in [5, 5.41) is 0.568. The van der Waals surface area contributed by atoms with Crippen LogP contribution in [0.15, 0.2) is 23.1 Å². The first-order valence-corrected chi connectivity index (χ1v) is 6.24. The fraction of sp³-hybridized carbons (Fsp3) is 0.364. The third-order valence-corrected chi connectivity index (χ3v) is 3.40. The van der Waals surface area contributed by atoms with Gasteiger partial charge in [-0.1, -0.05) is 11.6 Å². The van der Waals surface area contributed by atoms with Gasteiger partial charge in [-0.15, -0.1) is 11.8 Å². The number of nitrogens with two attached hydrogens (primary N) is 1. The van der Waals surface area contributed by atoms with Crippen LogP contribution >= 0.6 is 23.4 Å². The molecule has 0 aromatic heterocycles. The van der Waals surface area contributed by atoms with Gasteiger partial charge in [0.15, 0.2) is 0 Å². The monoisotopic (exact) mass is 259 g/mol. The number of ether oxygens (including phenoxy) is 1. The summed E-state index contributed by atoms with van der Waals surface area (Å²) in [6, 6.07) is 5.54. The normalized spacial score (nSPS) is 10.1. The van der Waals surface area contributed by atoms with Crippen LogP contribution in [0.1, 0.15) is 12.8 Å². The predicted octanol–water partition coefficient (Wildman–Crippen LogP) is 2.97. The lowest BCUT2D eigenvalue weighted by Crippen LogP contribution is -1.99. The van der Waals surface area contributed by atoms with Crippen molar-refractivity contribution in [1.82, 2.24) is 0 Å². The van der Waals surface area contributed by atoms with E-state index in [2.05, 4.69) is 4.74 Å². The zero-order valence-electron chi connectivity index (χ0n) is 9.03. The van der Waals surface area contributed by atoms with Gasteiger partial charge in [-0.2, -0.15) is 0 Å². The molecule has 2 N–H and O–H groups in total. The molecule has 1 rings (SSSR count). The smallest absolute Gasteiger partial charge is 0.305 e. The number of carbonyl (C=O) groups is 1. The van der Waals surface area contributed by atoms with Crippen molar-refractivity contribution in [2.24, 2.45) is 0 Å². The first-order valence-electron chi connectivity index (χ1n) is 4.88. The van der Waals surface area contributed by atoms with Crippen molar-refractivity contribution in [2.75, 3.05) is 18.6 Å². The minimum absolute atomic E-state index is 0.170. The molecular formula is C11H14ClNO2S. The van der Waals surface area contributed by atoms with Crippen molar-refractivity contribution in [3.05, 3.63) is 23.2 Å². The number of anilines is 1. The molecule has 0 bridgehead atoms. The molecule has 0 spiro atoms. The largest absolute Gasteiger partial charge is 0.469 e. The molecule has 0 atom stereocenters. The fourth-order valence-corrected chi connectivity index (χ4v) is 2.24.